The smallest absolute Gasteiger partial charge is 0.311 e. The second kappa shape index (κ2) is 15.0. The van der Waals surface area contributed by atoms with Crippen molar-refractivity contribution in [3.8, 4) is 11.5 Å². The highest BCUT2D eigenvalue weighted by molar-refractivity contribution is 5.76. The van der Waals surface area contributed by atoms with Crippen molar-refractivity contribution < 1.29 is 19.1 Å². The lowest BCUT2D eigenvalue weighted by Crippen LogP contribution is -2.12. The van der Waals surface area contributed by atoms with Gasteiger partial charge in [0.15, 0.2) is 11.5 Å². The third-order valence-corrected chi connectivity index (χ3v) is 5.10. The Kier molecular flexibility index (Phi) is 13.1. The molecule has 0 saturated heterocycles. The number of aryl methyl sites for hydroxylation is 1. The summed E-state index contributed by atoms with van der Waals surface area (Å²) in [6.07, 6.45) is 9.98. The molecule has 0 spiro atoms. The summed E-state index contributed by atoms with van der Waals surface area (Å²) in [5.74, 6) is 1.30. The van der Waals surface area contributed by atoms with Crippen molar-refractivity contribution in [3.05, 3.63) is 23.8 Å². The van der Waals surface area contributed by atoms with Crippen molar-refractivity contribution in [2.45, 2.75) is 105 Å². The van der Waals surface area contributed by atoms with Crippen LogP contribution in [0, 0.1) is 11.8 Å². The normalized spacial score (nSPS) is 11.2. The van der Waals surface area contributed by atoms with Crippen LogP contribution >= 0.6 is 0 Å². The molecule has 0 aliphatic heterocycles. The standard InChI is InChI=1S/C26H42O4/c1-6-7-8-9-14-22-17-18-23(29-25(27)15-10-12-20(2)3)24(19-22)30-26(28)16-11-13-21(4)5/h17-21H,6-16H2,1-5H3. The van der Waals surface area contributed by atoms with Gasteiger partial charge in [-0.1, -0.05) is 72.8 Å². The van der Waals surface area contributed by atoms with Crippen molar-refractivity contribution in [3.63, 3.8) is 0 Å². The summed E-state index contributed by atoms with van der Waals surface area (Å²) in [5, 5.41) is 0. The van der Waals surface area contributed by atoms with Gasteiger partial charge in [0.05, 0.1) is 0 Å². The van der Waals surface area contributed by atoms with Crippen LogP contribution in [-0.2, 0) is 16.0 Å². The molecular formula is C26H42O4. The number of carbonyl (C=O) groups excluding carboxylic acids is 2. The second-order valence-electron chi connectivity index (χ2n) is 9.11. The van der Waals surface area contributed by atoms with Gasteiger partial charge in [-0.25, -0.2) is 0 Å². The van der Waals surface area contributed by atoms with Gasteiger partial charge < -0.3 is 9.47 Å². The summed E-state index contributed by atoms with van der Waals surface area (Å²) >= 11 is 0. The summed E-state index contributed by atoms with van der Waals surface area (Å²) in [6.45, 7) is 10.8. The molecule has 30 heavy (non-hydrogen) atoms. The zero-order valence-corrected chi connectivity index (χ0v) is 19.8. The molecule has 0 bridgehead atoms. The maximum absolute atomic E-state index is 12.3. The number of esters is 2. The zero-order valence-electron chi connectivity index (χ0n) is 19.8. The van der Waals surface area contributed by atoms with Crippen LogP contribution in [0.5, 0.6) is 11.5 Å². The van der Waals surface area contributed by atoms with E-state index in [9.17, 15) is 9.59 Å². The third-order valence-electron chi connectivity index (χ3n) is 5.10. The van der Waals surface area contributed by atoms with Crippen molar-refractivity contribution in [1.29, 1.82) is 0 Å². The van der Waals surface area contributed by atoms with Gasteiger partial charge in [0, 0.05) is 12.8 Å². The Morgan fingerprint density at radius 2 is 1.33 bits per heavy atom. The molecule has 0 saturated carbocycles. The average Bonchev–Trinajstić information content (AvgIpc) is 2.66. The van der Waals surface area contributed by atoms with Crippen molar-refractivity contribution in [2.75, 3.05) is 0 Å². The molecule has 0 amide bonds. The molecule has 1 aromatic carbocycles. The lowest BCUT2D eigenvalue weighted by molar-refractivity contribution is -0.137. The molecule has 4 heteroatoms. The van der Waals surface area contributed by atoms with E-state index in [-0.39, 0.29) is 11.9 Å². The molecule has 1 aromatic rings. The molecule has 4 nitrogen and oxygen atoms in total. The first-order valence-corrected chi connectivity index (χ1v) is 11.9. The Morgan fingerprint density at radius 3 is 1.87 bits per heavy atom. The summed E-state index contributed by atoms with van der Waals surface area (Å²) in [7, 11) is 0. The van der Waals surface area contributed by atoms with E-state index in [1.165, 1.54) is 19.3 Å². The van der Waals surface area contributed by atoms with Gasteiger partial charge >= 0.3 is 11.9 Å². The Hall–Kier alpha value is -1.84. The van der Waals surface area contributed by atoms with Gasteiger partial charge in [-0.05, 0) is 55.2 Å². The SMILES string of the molecule is CCCCCCc1ccc(OC(=O)CCCC(C)C)c(OC(=O)CCCC(C)C)c1. The fourth-order valence-corrected chi connectivity index (χ4v) is 3.28. The first kappa shape index (κ1) is 26.2. The molecule has 0 aromatic heterocycles. The summed E-state index contributed by atoms with van der Waals surface area (Å²) in [5.41, 5.74) is 1.11. The van der Waals surface area contributed by atoms with Gasteiger partial charge in [-0.15, -0.1) is 0 Å². The van der Waals surface area contributed by atoms with Crippen LogP contribution < -0.4 is 9.47 Å². The van der Waals surface area contributed by atoms with Gasteiger partial charge in [0.2, 0.25) is 0 Å². The quantitative estimate of drug-likeness (QED) is 0.171. The first-order chi connectivity index (χ1) is 14.3. The Labute approximate surface area is 183 Å². The Balaban J connectivity index is 2.77. The van der Waals surface area contributed by atoms with Gasteiger partial charge in [0.25, 0.3) is 0 Å². The number of rotatable bonds is 15. The highest BCUT2D eigenvalue weighted by Gasteiger charge is 2.15. The molecule has 0 aliphatic carbocycles. The molecule has 1 rings (SSSR count). The van der Waals surface area contributed by atoms with E-state index in [0.717, 1.165) is 44.1 Å². The molecule has 170 valence electrons. The predicted molar refractivity (Wildman–Crippen MR) is 123 cm³/mol. The number of hydrogen-bond donors (Lipinski definition) is 0. The number of ether oxygens (including phenoxy) is 2. The van der Waals surface area contributed by atoms with Crippen LogP contribution in [0.3, 0.4) is 0 Å². The van der Waals surface area contributed by atoms with Crippen LogP contribution in [0.2, 0.25) is 0 Å². The van der Waals surface area contributed by atoms with Crippen LogP contribution in [0.1, 0.15) is 104 Å². The monoisotopic (exact) mass is 418 g/mol. The minimum atomic E-state index is -0.275. The van der Waals surface area contributed by atoms with Crippen LogP contribution in [0.15, 0.2) is 18.2 Å². The Morgan fingerprint density at radius 1 is 0.767 bits per heavy atom. The first-order valence-electron chi connectivity index (χ1n) is 11.9. The molecule has 0 N–H and O–H groups in total. The maximum atomic E-state index is 12.3. The highest BCUT2D eigenvalue weighted by atomic mass is 16.6. The minimum absolute atomic E-state index is 0.268. The number of unbranched alkanes of at least 4 members (excludes halogenated alkanes) is 3. The third kappa shape index (κ3) is 12.0. The van der Waals surface area contributed by atoms with E-state index >= 15 is 0 Å². The highest BCUT2D eigenvalue weighted by Crippen LogP contribution is 2.30. The van der Waals surface area contributed by atoms with E-state index in [2.05, 4.69) is 34.6 Å². The largest absolute Gasteiger partial charge is 0.423 e. The molecule has 0 aliphatic rings. The van der Waals surface area contributed by atoms with E-state index in [1.54, 1.807) is 6.07 Å². The van der Waals surface area contributed by atoms with Crippen LogP contribution in [-0.4, -0.2) is 11.9 Å². The maximum Gasteiger partial charge on any atom is 0.311 e. The molecule has 0 unspecified atom stereocenters. The average molecular weight is 419 g/mol. The number of benzene rings is 1. The van der Waals surface area contributed by atoms with Gasteiger partial charge in [-0.2, -0.15) is 0 Å². The molecule has 0 atom stereocenters. The van der Waals surface area contributed by atoms with Crippen LogP contribution in [0.4, 0.5) is 0 Å². The molecular weight excluding hydrogens is 376 g/mol. The van der Waals surface area contributed by atoms with Crippen molar-refractivity contribution >= 4 is 11.9 Å². The number of hydrogen-bond acceptors (Lipinski definition) is 4. The topological polar surface area (TPSA) is 52.6 Å². The second-order valence-corrected chi connectivity index (χ2v) is 9.11. The van der Waals surface area contributed by atoms with E-state index in [1.807, 2.05) is 12.1 Å². The Bertz CT molecular complexity index is 634. The van der Waals surface area contributed by atoms with E-state index in [4.69, 9.17) is 9.47 Å². The summed E-state index contributed by atoms with van der Waals surface area (Å²) in [4.78, 5) is 24.6. The van der Waals surface area contributed by atoms with E-state index in [0.29, 0.717) is 36.2 Å². The molecule has 0 radical (unpaired) electrons. The lowest BCUT2D eigenvalue weighted by Gasteiger charge is -2.13. The zero-order chi connectivity index (χ0) is 22.4. The number of carbonyl (C=O) groups is 2. The summed E-state index contributed by atoms with van der Waals surface area (Å²) in [6, 6.07) is 5.61. The fourth-order valence-electron chi connectivity index (χ4n) is 3.28. The van der Waals surface area contributed by atoms with Crippen molar-refractivity contribution in [1.82, 2.24) is 0 Å². The predicted octanol–water partition coefficient (Wildman–Crippen LogP) is 7.27. The van der Waals surface area contributed by atoms with Gasteiger partial charge in [-0.3, -0.25) is 9.59 Å². The summed E-state index contributed by atoms with van der Waals surface area (Å²) < 4.78 is 11.2. The van der Waals surface area contributed by atoms with Crippen molar-refractivity contribution in [2.24, 2.45) is 11.8 Å². The fraction of sp³-hybridized carbons (Fsp3) is 0.692. The lowest BCUT2D eigenvalue weighted by atomic mass is 10.1. The molecule has 0 fully saturated rings. The minimum Gasteiger partial charge on any atom is -0.423 e. The van der Waals surface area contributed by atoms with Crippen LogP contribution in [0.25, 0.3) is 0 Å². The van der Waals surface area contributed by atoms with E-state index < -0.39 is 0 Å². The van der Waals surface area contributed by atoms with Gasteiger partial charge in [0.1, 0.15) is 0 Å². The molecule has 0 heterocycles.